The van der Waals surface area contributed by atoms with Crippen molar-refractivity contribution < 1.29 is 4.79 Å². The van der Waals surface area contributed by atoms with Gasteiger partial charge in [-0.05, 0) is 38.1 Å². The molecule has 0 bridgehead atoms. The van der Waals surface area contributed by atoms with Crippen LogP contribution in [0.3, 0.4) is 0 Å². The highest BCUT2D eigenvalue weighted by atomic mass is 32.2. The van der Waals surface area contributed by atoms with Gasteiger partial charge in [-0.15, -0.1) is 11.8 Å². The molecule has 0 saturated carbocycles. The minimum atomic E-state index is -0.115. The zero-order chi connectivity index (χ0) is 13.7. The molecule has 3 unspecified atom stereocenters. The van der Waals surface area contributed by atoms with Gasteiger partial charge in [-0.1, -0.05) is 30.3 Å². The first kappa shape index (κ1) is 14.4. The van der Waals surface area contributed by atoms with Crippen molar-refractivity contribution >= 4 is 17.7 Å². The van der Waals surface area contributed by atoms with E-state index >= 15 is 0 Å². The minimum absolute atomic E-state index is 0.115. The summed E-state index contributed by atoms with van der Waals surface area (Å²) < 4.78 is 0. The van der Waals surface area contributed by atoms with Gasteiger partial charge in [0.2, 0.25) is 5.91 Å². The SMILES string of the molecule is CSC(C(=O)NC1CCCNC1C)c1ccccc1. The molecule has 3 atom stereocenters. The van der Waals surface area contributed by atoms with Gasteiger partial charge in [-0.25, -0.2) is 0 Å². The molecule has 1 aromatic carbocycles. The Morgan fingerprint density at radius 2 is 2.16 bits per heavy atom. The van der Waals surface area contributed by atoms with Gasteiger partial charge in [0.05, 0.1) is 0 Å². The molecule has 0 aromatic heterocycles. The third-order valence-electron chi connectivity index (χ3n) is 3.67. The molecule has 1 fully saturated rings. The molecule has 1 aliphatic heterocycles. The van der Waals surface area contributed by atoms with Crippen LogP contribution in [0.15, 0.2) is 30.3 Å². The van der Waals surface area contributed by atoms with Gasteiger partial charge >= 0.3 is 0 Å². The summed E-state index contributed by atoms with van der Waals surface area (Å²) in [6.07, 6.45) is 4.18. The second-order valence-corrected chi connectivity index (χ2v) is 5.97. The summed E-state index contributed by atoms with van der Waals surface area (Å²) in [5, 5.41) is 6.49. The van der Waals surface area contributed by atoms with E-state index in [-0.39, 0.29) is 17.2 Å². The molecule has 4 heteroatoms. The zero-order valence-electron chi connectivity index (χ0n) is 11.6. The molecule has 104 valence electrons. The number of piperidine rings is 1. The lowest BCUT2D eigenvalue weighted by Gasteiger charge is -2.31. The van der Waals surface area contributed by atoms with Gasteiger partial charge in [0.1, 0.15) is 5.25 Å². The summed E-state index contributed by atoms with van der Waals surface area (Å²) in [5.41, 5.74) is 1.07. The van der Waals surface area contributed by atoms with Gasteiger partial charge in [0, 0.05) is 12.1 Å². The molecular formula is C15H22N2OS. The van der Waals surface area contributed by atoms with E-state index in [1.54, 1.807) is 11.8 Å². The van der Waals surface area contributed by atoms with E-state index in [0.717, 1.165) is 24.9 Å². The normalized spacial score (nSPS) is 24.7. The average molecular weight is 278 g/mol. The summed E-state index contributed by atoms with van der Waals surface area (Å²) in [4.78, 5) is 12.4. The van der Waals surface area contributed by atoms with Crippen molar-refractivity contribution in [2.75, 3.05) is 12.8 Å². The van der Waals surface area contributed by atoms with Crippen LogP contribution in [-0.2, 0) is 4.79 Å². The van der Waals surface area contributed by atoms with Crippen molar-refractivity contribution in [3.05, 3.63) is 35.9 Å². The Morgan fingerprint density at radius 3 is 2.79 bits per heavy atom. The third kappa shape index (κ3) is 3.74. The molecule has 0 radical (unpaired) electrons. The van der Waals surface area contributed by atoms with E-state index in [1.165, 1.54) is 0 Å². The summed E-state index contributed by atoms with van der Waals surface area (Å²) in [7, 11) is 0. The van der Waals surface area contributed by atoms with Crippen LogP contribution in [0.5, 0.6) is 0 Å². The predicted octanol–water partition coefficient (Wildman–Crippen LogP) is 2.35. The van der Waals surface area contributed by atoms with Crippen molar-refractivity contribution in [1.82, 2.24) is 10.6 Å². The number of carbonyl (C=O) groups excluding carboxylic acids is 1. The van der Waals surface area contributed by atoms with Crippen molar-refractivity contribution in [3.63, 3.8) is 0 Å². The Balaban J connectivity index is 2.01. The summed E-state index contributed by atoms with van der Waals surface area (Å²) in [6.45, 7) is 3.19. The van der Waals surface area contributed by atoms with E-state index in [4.69, 9.17) is 0 Å². The van der Waals surface area contributed by atoms with Gasteiger partial charge in [-0.2, -0.15) is 0 Å². The number of carbonyl (C=O) groups is 1. The van der Waals surface area contributed by atoms with Crippen LogP contribution in [0, 0.1) is 0 Å². The molecular weight excluding hydrogens is 256 g/mol. The smallest absolute Gasteiger partial charge is 0.237 e. The van der Waals surface area contributed by atoms with Gasteiger partial charge in [0.25, 0.3) is 0 Å². The quantitative estimate of drug-likeness (QED) is 0.888. The van der Waals surface area contributed by atoms with E-state index in [2.05, 4.69) is 17.6 Å². The highest BCUT2D eigenvalue weighted by molar-refractivity contribution is 7.99. The first-order valence-electron chi connectivity index (χ1n) is 6.84. The van der Waals surface area contributed by atoms with E-state index < -0.39 is 0 Å². The fourth-order valence-electron chi connectivity index (χ4n) is 2.52. The molecule has 2 N–H and O–H groups in total. The van der Waals surface area contributed by atoms with Crippen LogP contribution in [0.4, 0.5) is 0 Å². The monoisotopic (exact) mass is 278 g/mol. The van der Waals surface area contributed by atoms with E-state index in [1.807, 2.05) is 36.6 Å². The molecule has 1 aromatic rings. The second-order valence-electron chi connectivity index (χ2n) is 5.03. The second kappa shape index (κ2) is 6.96. The summed E-state index contributed by atoms with van der Waals surface area (Å²) in [6, 6.07) is 10.6. The van der Waals surface area contributed by atoms with Crippen molar-refractivity contribution in [2.24, 2.45) is 0 Å². The lowest BCUT2D eigenvalue weighted by atomic mass is 9.99. The van der Waals surface area contributed by atoms with Gasteiger partial charge < -0.3 is 10.6 Å². The van der Waals surface area contributed by atoms with Crippen LogP contribution in [0.2, 0.25) is 0 Å². The van der Waals surface area contributed by atoms with Crippen LogP contribution in [0.1, 0.15) is 30.6 Å². The van der Waals surface area contributed by atoms with E-state index in [0.29, 0.717) is 6.04 Å². The first-order chi connectivity index (χ1) is 9.22. The molecule has 2 rings (SSSR count). The molecule has 3 nitrogen and oxygen atoms in total. The Kier molecular flexibility index (Phi) is 5.28. The molecule has 1 heterocycles. The van der Waals surface area contributed by atoms with Crippen LogP contribution in [-0.4, -0.2) is 30.8 Å². The number of hydrogen-bond donors (Lipinski definition) is 2. The highest BCUT2D eigenvalue weighted by Gasteiger charge is 2.26. The van der Waals surface area contributed by atoms with E-state index in [9.17, 15) is 4.79 Å². The Bertz CT molecular complexity index is 410. The molecule has 1 saturated heterocycles. The number of hydrogen-bond acceptors (Lipinski definition) is 3. The van der Waals surface area contributed by atoms with Gasteiger partial charge in [-0.3, -0.25) is 4.79 Å². The summed E-state index contributed by atoms with van der Waals surface area (Å²) in [5.74, 6) is 0.124. The largest absolute Gasteiger partial charge is 0.351 e. The number of nitrogens with one attached hydrogen (secondary N) is 2. The first-order valence-corrected chi connectivity index (χ1v) is 8.12. The Labute approximate surface area is 119 Å². The van der Waals surface area contributed by atoms with Crippen LogP contribution < -0.4 is 10.6 Å². The topological polar surface area (TPSA) is 41.1 Å². The molecule has 0 aliphatic carbocycles. The Morgan fingerprint density at radius 1 is 1.42 bits per heavy atom. The number of thioether (sulfide) groups is 1. The predicted molar refractivity (Wildman–Crippen MR) is 81.3 cm³/mol. The fourth-order valence-corrected chi connectivity index (χ4v) is 3.23. The Hall–Kier alpha value is -1.00. The number of amides is 1. The standard InChI is InChI=1S/C15H22N2OS/c1-11-13(9-6-10-16-11)17-15(18)14(19-2)12-7-4-3-5-8-12/h3-5,7-8,11,13-14,16H,6,9-10H2,1-2H3,(H,17,18). The number of rotatable bonds is 4. The molecule has 1 aliphatic rings. The number of benzene rings is 1. The van der Waals surface area contributed by atoms with Crippen LogP contribution in [0.25, 0.3) is 0 Å². The fraction of sp³-hybridized carbons (Fsp3) is 0.533. The molecule has 0 spiro atoms. The molecule has 19 heavy (non-hydrogen) atoms. The highest BCUT2D eigenvalue weighted by Crippen LogP contribution is 2.27. The van der Waals surface area contributed by atoms with Gasteiger partial charge in [0.15, 0.2) is 0 Å². The third-order valence-corrected chi connectivity index (χ3v) is 4.62. The maximum atomic E-state index is 12.4. The maximum absolute atomic E-state index is 12.4. The lowest BCUT2D eigenvalue weighted by molar-refractivity contribution is -0.121. The minimum Gasteiger partial charge on any atom is -0.351 e. The summed E-state index contributed by atoms with van der Waals surface area (Å²) >= 11 is 1.59. The maximum Gasteiger partial charge on any atom is 0.237 e. The molecule has 1 amide bonds. The lowest BCUT2D eigenvalue weighted by Crippen LogP contribution is -2.52. The zero-order valence-corrected chi connectivity index (χ0v) is 12.4. The average Bonchev–Trinajstić information content (AvgIpc) is 2.43. The van der Waals surface area contributed by atoms with Crippen LogP contribution >= 0.6 is 11.8 Å². The van der Waals surface area contributed by atoms with Crippen molar-refractivity contribution in [2.45, 2.75) is 37.1 Å². The van der Waals surface area contributed by atoms with Crippen molar-refractivity contribution in [3.8, 4) is 0 Å². The van der Waals surface area contributed by atoms with Crippen molar-refractivity contribution in [1.29, 1.82) is 0 Å².